The van der Waals surface area contributed by atoms with Crippen molar-refractivity contribution in [2.45, 2.75) is 64.0 Å². The molecule has 2 aliphatic rings. The first-order valence-corrected chi connectivity index (χ1v) is 7.70. The molecule has 2 unspecified atom stereocenters. The molecule has 0 aromatic heterocycles. The van der Waals surface area contributed by atoms with Crippen LogP contribution < -0.4 is 5.73 Å². The maximum absolute atomic E-state index is 12.9. The first-order valence-electron chi connectivity index (χ1n) is 7.70. The van der Waals surface area contributed by atoms with Crippen LogP contribution in [0.4, 0.5) is 0 Å². The molecule has 0 aromatic rings. The third kappa shape index (κ3) is 2.95. The van der Waals surface area contributed by atoms with E-state index in [4.69, 9.17) is 10.5 Å². The molecular weight excluding hydrogens is 240 g/mol. The average molecular weight is 268 g/mol. The summed E-state index contributed by atoms with van der Waals surface area (Å²) in [5.41, 5.74) is 5.69. The van der Waals surface area contributed by atoms with E-state index in [1.807, 2.05) is 11.9 Å². The summed E-state index contributed by atoms with van der Waals surface area (Å²) in [5.74, 6) is 0.249. The van der Waals surface area contributed by atoms with Gasteiger partial charge in [-0.15, -0.1) is 0 Å². The first-order chi connectivity index (χ1) is 9.10. The van der Waals surface area contributed by atoms with Crippen LogP contribution in [0.5, 0.6) is 0 Å². The van der Waals surface area contributed by atoms with E-state index >= 15 is 0 Å². The van der Waals surface area contributed by atoms with Gasteiger partial charge in [0.1, 0.15) is 0 Å². The summed E-state index contributed by atoms with van der Waals surface area (Å²) in [6, 6.07) is 0.221. The van der Waals surface area contributed by atoms with E-state index in [0.29, 0.717) is 6.54 Å². The Morgan fingerprint density at radius 1 is 1.32 bits per heavy atom. The highest BCUT2D eigenvalue weighted by Gasteiger charge is 2.42. The van der Waals surface area contributed by atoms with Gasteiger partial charge in [-0.05, 0) is 26.2 Å². The Kier molecular flexibility index (Phi) is 4.85. The molecule has 2 rings (SSSR count). The molecule has 0 spiro atoms. The lowest BCUT2D eigenvalue weighted by molar-refractivity contribution is -0.144. The van der Waals surface area contributed by atoms with Gasteiger partial charge in [0, 0.05) is 20.2 Å². The molecule has 1 saturated carbocycles. The summed E-state index contributed by atoms with van der Waals surface area (Å²) in [5, 5.41) is 0. The summed E-state index contributed by atoms with van der Waals surface area (Å²) < 4.78 is 5.59. The highest BCUT2D eigenvalue weighted by molar-refractivity contribution is 5.83. The van der Waals surface area contributed by atoms with E-state index in [0.717, 1.165) is 38.7 Å². The SMILES string of the molecule is CC1OCCC1N(C)C(=O)C1(CN)CCCCCC1. The predicted octanol–water partition coefficient (Wildman–Crippen LogP) is 1.92. The number of carbonyl (C=O) groups excluding carboxylic acids is 1. The molecule has 2 fully saturated rings. The Balaban J connectivity index is 2.10. The summed E-state index contributed by atoms with van der Waals surface area (Å²) >= 11 is 0. The van der Waals surface area contributed by atoms with Crippen LogP contribution >= 0.6 is 0 Å². The van der Waals surface area contributed by atoms with Crippen LogP contribution in [0.15, 0.2) is 0 Å². The molecule has 4 nitrogen and oxygen atoms in total. The van der Waals surface area contributed by atoms with Gasteiger partial charge in [-0.1, -0.05) is 25.7 Å². The molecule has 1 aliphatic heterocycles. The Hall–Kier alpha value is -0.610. The van der Waals surface area contributed by atoms with Crippen LogP contribution in [0.25, 0.3) is 0 Å². The van der Waals surface area contributed by atoms with Crippen molar-refractivity contribution in [2.75, 3.05) is 20.2 Å². The Bertz CT molecular complexity index is 311. The van der Waals surface area contributed by atoms with E-state index in [1.165, 1.54) is 12.8 Å². The second kappa shape index (κ2) is 6.23. The Labute approximate surface area is 116 Å². The quantitative estimate of drug-likeness (QED) is 0.796. The zero-order valence-corrected chi connectivity index (χ0v) is 12.4. The topological polar surface area (TPSA) is 55.6 Å². The van der Waals surface area contributed by atoms with E-state index in [1.54, 1.807) is 0 Å². The zero-order valence-electron chi connectivity index (χ0n) is 12.4. The van der Waals surface area contributed by atoms with Crippen molar-refractivity contribution < 1.29 is 9.53 Å². The van der Waals surface area contributed by atoms with Crippen LogP contribution in [0.2, 0.25) is 0 Å². The van der Waals surface area contributed by atoms with Crippen LogP contribution in [0.1, 0.15) is 51.9 Å². The lowest BCUT2D eigenvalue weighted by Crippen LogP contribution is -2.51. The lowest BCUT2D eigenvalue weighted by Gasteiger charge is -2.37. The molecule has 0 radical (unpaired) electrons. The number of ether oxygens (including phenoxy) is 1. The van der Waals surface area contributed by atoms with E-state index < -0.39 is 0 Å². The highest BCUT2D eigenvalue weighted by Crippen LogP contribution is 2.37. The Morgan fingerprint density at radius 2 is 1.95 bits per heavy atom. The summed E-state index contributed by atoms with van der Waals surface area (Å²) in [6.45, 7) is 3.31. The molecule has 19 heavy (non-hydrogen) atoms. The van der Waals surface area contributed by atoms with Crippen LogP contribution in [-0.2, 0) is 9.53 Å². The van der Waals surface area contributed by atoms with Crippen molar-refractivity contribution in [1.29, 1.82) is 0 Å². The fourth-order valence-electron chi connectivity index (χ4n) is 3.66. The average Bonchev–Trinajstić information content (AvgIpc) is 2.71. The van der Waals surface area contributed by atoms with Gasteiger partial charge in [0.25, 0.3) is 0 Å². The van der Waals surface area contributed by atoms with Crippen molar-refractivity contribution in [3.05, 3.63) is 0 Å². The monoisotopic (exact) mass is 268 g/mol. The fourth-order valence-corrected chi connectivity index (χ4v) is 3.66. The zero-order chi connectivity index (χ0) is 13.9. The van der Waals surface area contributed by atoms with Gasteiger partial charge < -0.3 is 15.4 Å². The molecule has 2 atom stereocenters. The molecule has 0 aromatic carbocycles. The van der Waals surface area contributed by atoms with Crippen LogP contribution in [0.3, 0.4) is 0 Å². The van der Waals surface area contributed by atoms with Gasteiger partial charge in [0.2, 0.25) is 5.91 Å². The number of nitrogens with zero attached hydrogens (tertiary/aromatic N) is 1. The molecule has 1 heterocycles. The standard InChI is InChI=1S/C15H28N2O2/c1-12-13(7-10-19-12)17(2)14(18)15(11-16)8-5-3-4-6-9-15/h12-13H,3-11,16H2,1-2H3. The molecule has 1 amide bonds. The van der Waals surface area contributed by atoms with Crippen molar-refractivity contribution in [3.8, 4) is 0 Å². The van der Waals surface area contributed by atoms with Gasteiger partial charge >= 0.3 is 0 Å². The largest absolute Gasteiger partial charge is 0.376 e. The molecule has 4 heteroatoms. The second-order valence-electron chi connectivity index (χ2n) is 6.25. The number of rotatable bonds is 3. The van der Waals surface area contributed by atoms with Gasteiger partial charge in [0.15, 0.2) is 0 Å². The van der Waals surface area contributed by atoms with Crippen molar-refractivity contribution >= 4 is 5.91 Å². The molecule has 110 valence electrons. The summed E-state index contributed by atoms with van der Waals surface area (Å²) in [7, 11) is 1.93. The first kappa shape index (κ1) is 14.8. The van der Waals surface area contributed by atoms with Crippen molar-refractivity contribution in [3.63, 3.8) is 0 Å². The minimum absolute atomic E-state index is 0.148. The number of amides is 1. The third-order valence-electron chi connectivity index (χ3n) is 5.06. The smallest absolute Gasteiger partial charge is 0.230 e. The van der Waals surface area contributed by atoms with Crippen LogP contribution in [-0.4, -0.2) is 43.2 Å². The number of nitrogens with two attached hydrogens (primary N) is 1. The molecule has 2 N–H and O–H groups in total. The molecule has 1 aliphatic carbocycles. The molecule has 0 bridgehead atoms. The maximum Gasteiger partial charge on any atom is 0.230 e. The highest BCUT2D eigenvalue weighted by atomic mass is 16.5. The van der Waals surface area contributed by atoms with Gasteiger partial charge in [-0.25, -0.2) is 0 Å². The van der Waals surface area contributed by atoms with Crippen molar-refractivity contribution in [1.82, 2.24) is 4.90 Å². The number of hydrogen-bond acceptors (Lipinski definition) is 3. The number of likely N-dealkylation sites (N-methyl/N-ethyl adjacent to an activating group) is 1. The van der Waals surface area contributed by atoms with E-state index in [9.17, 15) is 4.79 Å². The second-order valence-corrected chi connectivity index (χ2v) is 6.25. The van der Waals surface area contributed by atoms with Crippen molar-refractivity contribution in [2.24, 2.45) is 11.1 Å². The normalized spacial score (nSPS) is 30.9. The molecular formula is C15H28N2O2. The predicted molar refractivity (Wildman–Crippen MR) is 75.8 cm³/mol. The fraction of sp³-hybridized carbons (Fsp3) is 0.933. The van der Waals surface area contributed by atoms with E-state index in [2.05, 4.69) is 6.92 Å². The lowest BCUT2D eigenvalue weighted by atomic mass is 9.78. The number of carbonyl (C=O) groups is 1. The summed E-state index contributed by atoms with van der Waals surface area (Å²) in [6.07, 6.45) is 7.74. The van der Waals surface area contributed by atoms with E-state index in [-0.39, 0.29) is 23.5 Å². The minimum Gasteiger partial charge on any atom is -0.376 e. The Morgan fingerprint density at radius 3 is 2.42 bits per heavy atom. The van der Waals surface area contributed by atoms with Gasteiger partial charge in [-0.3, -0.25) is 4.79 Å². The van der Waals surface area contributed by atoms with Gasteiger partial charge in [0.05, 0.1) is 17.6 Å². The van der Waals surface area contributed by atoms with Crippen LogP contribution in [0, 0.1) is 5.41 Å². The summed E-state index contributed by atoms with van der Waals surface area (Å²) in [4.78, 5) is 14.9. The third-order valence-corrected chi connectivity index (χ3v) is 5.06. The maximum atomic E-state index is 12.9. The molecule has 1 saturated heterocycles. The van der Waals surface area contributed by atoms with Gasteiger partial charge in [-0.2, -0.15) is 0 Å². The minimum atomic E-state index is -0.312. The number of hydrogen-bond donors (Lipinski definition) is 1.